The van der Waals surface area contributed by atoms with E-state index in [2.05, 4.69) is 23.7 Å². The van der Waals surface area contributed by atoms with Crippen LogP contribution in [0.15, 0.2) is 24.3 Å². The summed E-state index contributed by atoms with van der Waals surface area (Å²) in [6.45, 7) is 8.81. The van der Waals surface area contributed by atoms with Crippen LogP contribution >= 0.6 is 0 Å². The second-order valence-corrected chi connectivity index (χ2v) is 7.86. The van der Waals surface area contributed by atoms with Gasteiger partial charge in [0.25, 0.3) is 5.91 Å². The molecule has 154 valence electrons. The molecule has 4 rings (SSSR count). The van der Waals surface area contributed by atoms with Crippen molar-refractivity contribution < 1.29 is 14.3 Å². The van der Waals surface area contributed by atoms with Gasteiger partial charge in [-0.2, -0.15) is 0 Å². The molecular formula is C22H28N4O3. The molecule has 7 heteroatoms. The molecule has 2 aliphatic heterocycles. The molecule has 0 N–H and O–H groups in total. The first-order chi connectivity index (χ1) is 14.0. The van der Waals surface area contributed by atoms with Crippen LogP contribution in [-0.4, -0.2) is 59.7 Å². The first-order valence-corrected chi connectivity index (χ1v) is 10.2. The van der Waals surface area contributed by atoms with E-state index in [9.17, 15) is 4.79 Å². The van der Waals surface area contributed by atoms with Crippen LogP contribution in [0.5, 0.6) is 5.75 Å². The van der Waals surface area contributed by atoms with E-state index in [1.54, 1.807) is 7.11 Å². The van der Waals surface area contributed by atoms with Gasteiger partial charge in [-0.15, -0.1) is 0 Å². The fourth-order valence-electron chi connectivity index (χ4n) is 4.29. The molecule has 2 aromatic rings. The molecule has 1 fully saturated rings. The van der Waals surface area contributed by atoms with Gasteiger partial charge in [0.05, 0.1) is 37.1 Å². The van der Waals surface area contributed by atoms with E-state index in [1.807, 2.05) is 36.1 Å². The summed E-state index contributed by atoms with van der Waals surface area (Å²) >= 11 is 0. The Morgan fingerprint density at radius 2 is 1.90 bits per heavy atom. The van der Waals surface area contributed by atoms with E-state index >= 15 is 0 Å². The van der Waals surface area contributed by atoms with Crippen LogP contribution in [0.2, 0.25) is 0 Å². The Morgan fingerprint density at radius 1 is 1.17 bits per heavy atom. The average molecular weight is 396 g/mol. The Kier molecular flexibility index (Phi) is 5.41. The van der Waals surface area contributed by atoms with E-state index in [0.717, 1.165) is 42.4 Å². The molecule has 1 amide bonds. The lowest BCUT2D eigenvalue weighted by atomic mass is 10.0. The maximum absolute atomic E-state index is 13.2. The second-order valence-electron chi connectivity index (χ2n) is 7.86. The van der Waals surface area contributed by atoms with Crippen LogP contribution < -0.4 is 9.64 Å². The average Bonchev–Trinajstić information content (AvgIpc) is 2.71. The molecule has 1 aromatic carbocycles. The van der Waals surface area contributed by atoms with Crippen LogP contribution in [0, 0.1) is 6.92 Å². The third-order valence-corrected chi connectivity index (χ3v) is 5.49. The first kappa shape index (κ1) is 19.6. The number of para-hydroxylation sites is 1. The molecular weight excluding hydrogens is 368 g/mol. The lowest BCUT2D eigenvalue weighted by Crippen LogP contribution is -2.47. The SMILES string of the molecule is COc1ccccc1C(=O)N1CCc2nc(C)nc(N3C[C@@H](C)O[C@@H](C)C3)c2C1. The number of amides is 1. The van der Waals surface area contributed by atoms with E-state index in [0.29, 0.717) is 24.4 Å². The molecule has 29 heavy (non-hydrogen) atoms. The molecule has 0 radical (unpaired) electrons. The number of ether oxygens (including phenoxy) is 2. The maximum Gasteiger partial charge on any atom is 0.257 e. The first-order valence-electron chi connectivity index (χ1n) is 10.2. The lowest BCUT2D eigenvalue weighted by molar-refractivity contribution is -0.00560. The summed E-state index contributed by atoms with van der Waals surface area (Å²) in [7, 11) is 1.59. The predicted molar refractivity (Wildman–Crippen MR) is 110 cm³/mol. The summed E-state index contributed by atoms with van der Waals surface area (Å²) < 4.78 is 11.3. The minimum atomic E-state index is -0.0247. The Balaban J connectivity index is 1.65. The normalized spacial score (nSPS) is 21.7. The summed E-state index contributed by atoms with van der Waals surface area (Å²) in [5, 5.41) is 0. The number of rotatable bonds is 3. The number of nitrogens with zero attached hydrogens (tertiary/aromatic N) is 4. The number of anilines is 1. The molecule has 0 aliphatic carbocycles. The molecule has 0 saturated carbocycles. The van der Waals surface area contributed by atoms with Crippen LogP contribution in [0.1, 0.15) is 41.3 Å². The number of methoxy groups -OCH3 is 1. The summed E-state index contributed by atoms with van der Waals surface area (Å²) in [4.78, 5) is 26.8. The smallest absolute Gasteiger partial charge is 0.257 e. The van der Waals surface area contributed by atoms with Crippen LogP contribution in [-0.2, 0) is 17.7 Å². The Hall–Kier alpha value is -2.67. The van der Waals surface area contributed by atoms with Crippen molar-refractivity contribution in [3.63, 3.8) is 0 Å². The van der Waals surface area contributed by atoms with Gasteiger partial charge >= 0.3 is 0 Å². The number of carbonyl (C=O) groups is 1. The van der Waals surface area contributed by atoms with Gasteiger partial charge in [0.2, 0.25) is 0 Å². The zero-order valence-electron chi connectivity index (χ0n) is 17.5. The van der Waals surface area contributed by atoms with E-state index in [4.69, 9.17) is 14.5 Å². The van der Waals surface area contributed by atoms with Crippen molar-refractivity contribution in [2.24, 2.45) is 0 Å². The number of aryl methyl sites for hydroxylation is 1. The summed E-state index contributed by atoms with van der Waals surface area (Å²) in [5.74, 6) is 2.28. The van der Waals surface area contributed by atoms with Crippen LogP contribution in [0.3, 0.4) is 0 Å². The summed E-state index contributed by atoms with van der Waals surface area (Å²) in [6, 6.07) is 7.37. The van der Waals surface area contributed by atoms with E-state index < -0.39 is 0 Å². The van der Waals surface area contributed by atoms with Crippen molar-refractivity contribution in [1.29, 1.82) is 0 Å². The molecule has 1 saturated heterocycles. The largest absolute Gasteiger partial charge is 0.496 e. The van der Waals surface area contributed by atoms with Crippen molar-refractivity contribution in [2.45, 2.75) is 45.9 Å². The van der Waals surface area contributed by atoms with Gasteiger partial charge in [-0.3, -0.25) is 4.79 Å². The van der Waals surface area contributed by atoms with Gasteiger partial charge in [-0.05, 0) is 32.9 Å². The number of hydrogen-bond donors (Lipinski definition) is 0. The van der Waals surface area contributed by atoms with Gasteiger partial charge in [0.15, 0.2) is 0 Å². The highest BCUT2D eigenvalue weighted by molar-refractivity contribution is 5.97. The Bertz CT molecular complexity index is 907. The topological polar surface area (TPSA) is 67.8 Å². The highest BCUT2D eigenvalue weighted by Crippen LogP contribution is 2.30. The van der Waals surface area contributed by atoms with Gasteiger partial charge in [-0.25, -0.2) is 9.97 Å². The quantitative estimate of drug-likeness (QED) is 0.795. The van der Waals surface area contributed by atoms with Crippen molar-refractivity contribution in [3.05, 3.63) is 46.9 Å². The van der Waals surface area contributed by atoms with Gasteiger partial charge in [-0.1, -0.05) is 12.1 Å². The number of hydrogen-bond acceptors (Lipinski definition) is 6. The molecule has 3 heterocycles. The number of benzene rings is 1. The van der Waals surface area contributed by atoms with Crippen molar-refractivity contribution in [3.8, 4) is 5.75 Å². The maximum atomic E-state index is 13.2. The summed E-state index contributed by atoms with van der Waals surface area (Å²) in [5.41, 5.74) is 2.68. The molecule has 2 atom stereocenters. The van der Waals surface area contributed by atoms with Gasteiger partial charge in [0, 0.05) is 31.6 Å². The molecule has 2 aliphatic rings. The van der Waals surface area contributed by atoms with Crippen LogP contribution in [0.25, 0.3) is 0 Å². The molecule has 7 nitrogen and oxygen atoms in total. The highest BCUT2D eigenvalue weighted by Gasteiger charge is 2.31. The summed E-state index contributed by atoms with van der Waals surface area (Å²) in [6.07, 6.45) is 1.00. The van der Waals surface area contributed by atoms with Crippen molar-refractivity contribution in [1.82, 2.24) is 14.9 Å². The standard InChI is InChI=1S/C22H28N4O3/c1-14-11-26(12-15(2)29-14)21-18-13-25(10-9-19(18)23-16(3)24-21)22(27)17-7-5-6-8-20(17)28-4/h5-8,14-15H,9-13H2,1-4H3/t14-,15+. The minimum Gasteiger partial charge on any atom is -0.496 e. The van der Waals surface area contributed by atoms with Crippen LogP contribution in [0.4, 0.5) is 5.82 Å². The Labute approximate surface area is 171 Å². The minimum absolute atomic E-state index is 0.0247. The monoisotopic (exact) mass is 396 g/mol. The van der Waals surface area contributed by atoms with E-state index in [1.165, 1.54) is 0 Å². The lowest BCUT2D eigenvalue weighted by Gasteiger charge is -2.38. The second kappa shape index (κ2) is 7.99. The molecule has 0 spiro atoms. The van der Waals surface area contributed by atoms with Crippen molar-refractivity contribution >= 4 is 11.7 Å². The number of morpholine rings is 1. The highest BCUT2D eigenvalue weighted by atomic mass is 16.5. The van der Waals surface area contributed by atoms with Gasteiger partial charge in [0.1, 0.15) is 17.4 Å². The molecule has 0 bridgehead atoms. The third kappa shape index (κ3) is 3.92. The van der Waals surface area contributed by atoms with E-state index in [-0.39, 0.29) is 18.1 Å². The predicted octanol–water partition coefficient (Wildman–Crippen LogP) is 2.61. The number of carbonyl (C=O) groups excluding carboxylic acids is 1. The fraction of sp³-hybridized carbons (Fsp3) is 0.500. The molecule has 1 aromatic heterocycles. The fourth-order valence-corrected chi connectivity index (χ4v) is 4.29. The third-order valence-electron chi connectivity index (χ3n) is 5.49. The zero-order valence-corrected chi connectivity index (χ0v) is 17.5. The van der Waals surface area contributed by atoms with Gasteiger partial charge < -0.3 is 19.3 Å². The zero-order chi connectivity index (χ0) is 20.5. The number of fused-ring (bicyclic) bond motifs is 1. The molecule has 0 unspecified atom stereocenters. The Morgan fingerprint density at radius 3 is 2.62 bits per heavy atom. The van der Waals surface area contributed by atoms with Crippen molar-refractivity contribution in [2.75, 3.05) is 31.6 Å². The number of aromatic nitrogens is 2.